The Kier molecular flexibility index (Phi) is 5.68. The van der Waals surface area contributed by atoms with Crippen molar-refractivity contribution >= 4 is 5.91 Å². The number of ether oxygens (including phenoxy) is 1. The zero-order valence-corrected chi connectivity index (χ0v) is 14.4. The Morgan fingerprint density at radius 3 is 3.00 bits per heavy atom. The van der Waals surface area contributed by atoms with E-state index in [1.54, 1.807) is 6.07 Å². The Morgan fingerprint density at radius 2 is 2.21 bits per heavy atom. The predicted molar refractivity (Wildman–Crippen MR) is 92.5 cm³/mol. The molecule has 0 unspecified atom stereocenters. The van der Waals surface area contributed by atoms with Gasteiger partial charge in [-0.3, -0.25) is 14.5 Å². The smallest absolute Gasteiger partial charge is 0.261 e. The molecule has 132 valence electrons. The molecular weight excluding hydrogens is 306 g/mol. The van der Waals surface area contributed by atoms with Crippen LogP contribution in [0.3, 0.4) is 0 Å². The summed E-state index contributed by atoms with van der Waals surface area (Å²) in [6.45, 7) is 7.22. The van der Waals surface area contributed by atoms with Crippen molar-refractivity contribution in [3.63, 3.8) is 0 Å². The molecule has 6 nitrogen and oxygen atoms in total. The second kappa shape index (κ2) is 7.94. The number of carbonyl (C=O) groups excluding carboxylic acids is 1. The fourth-order valence-electron chi connectivity index (χ4n) is 3.48. The molecule has 2 heterocycles. The maximum absolute atomic E-state index is 12.3. The minimum atomic E-state index is -0.269. The summed E-state index contributed by atoms with van der Waals surface area (Å²) >= 11 is 0. The summed E-state index contributed by atoms with van der Waals surface area (Å²) in [7, 11) is 0. The molecule has 1 aromatic heterocycles. The van der Waals surface area contributed by atoms with Gasteiger partial charge in [-0.2, -0.15) is 0 Å². The molecule has 0 aromatic carbocycles. The van der Waals surface area contributed by atoms with E-state index in [0.717, 1.165) is 69.8 Å². The van der Waals surface area contributed by atoms with E-state index >= 15 is 0 Å². The van der Waals surface area contributed by atoms with Gasteiger partial charge in [0, 0.05) is 25.3 Å². The first-order valence-corrected chi connectivity index (χ1v) is 8.97. The van der Waals surface area contributed by atoms with Gasteiger partial charge in [0.2, 0.25) is 0 Å². The number of nitrogens with zero attached hydrogens (tertiary/aromatic N) is 1. The third-order valence-electron chi connectivity index (χ3n) is 4.96. The lowest BCUT2D eigenvalue weighted by atomic mass is 9.87. The molecule has 0 spiro atoms. The second-order valence-corrected chi connectivity index (χ2v) is 6.93. The van der Waals surface area contributed by atoms with Crippen LogP contribution < -0.4 is 10.9 Å². The highest BCUT2D eigenvalue weighted by molar-refractivity contribution is 5.94. The van der Waals surface area contributed by atoms with Gasteiger partial charge in [-0.1, -0.05) is 6.92 Å². The van der Waals surface area contributed by atoms with Crippen molar-refractivity contribution in [3.8, 4) is 0 Å². The van der Waals surface area contributed by atoms with Gasteiger partial charge in [0.25, 0.3) is 11.5 Å². The summed E-state index contributed by atoms with van der Waals surface area (Å²) in [4.78, 5) is 29.7. The normalized spacial score (nSPS) is 21.3. The Bertz CT molecular complexity index is 635. The Morgan fingerprint density at radius 1 is 1.42 bits per heavy atom. The van der Waals surface area contributed by atoms with Crippen molar-refractivity contribution in [3.05, 3.63) is 33.2 Å². The molecule has 1 aliphatic heterocycles. The first-order chi connectivity index (χ1) is 11.6. The molecule has 1 atom stereocenters. The van der Waals surface area contributed by atoms with Gasteiger partial charge in [0.15, 0.2) is 0 Å². The van der Waals surface area contributed by atoms with Gasteiger partial charge in [-0.05, 0) is 49.8 Å². The number of nitrogens with one attached hydrogen (secondary N) is 2. The van der Waals surface area contributed by atoms with Crippen LogP contribution >= 0.6 is 0 Å². The number of aryl methyl sites for hydroxylation is 1. The number of aromatic amines is 1. The molecule has 1 aromatic rings. The minimum absolute atomic E-state index is 0.245. The molecule has 2 aliphatic rings. The standard InChI is InChI=1S/C18H27N3O3/c1-13-3-4-16-14(11-13)12-15(18(23)20-16)17(22)19-5-2-6-21-7-9-24-10-8-21/h12-13H,2-11H2,1H3,(H,19,22)(H,20,23)/t13-/m1/s1. The van der Waals surface area contributed by atoms with Crippen molar-refractivity contribution in [2.45, 2.75) is 32.6 Å². The molecule has 1 saturated heterocycles. The van der Waals surface area contributed by atoms with Gasteiger partial charge in [0.05, 0.1) is 13.2 Å². The predicted octanol–water partition coefficient (Wildman–Crippen LogP) is 0.952. The van der Waals surface area contributed by atoms with E-state index in [0.29, 0.717) is 12.5 Å². The molecule has 24 heavy (non-hydrogen) atoms. The first kappa shape index (κ1) is 17.2. The quantitative estimate of drug-likeness (QED) is 0.787. The maximum atomic E-state index is 12.3. The van der Waals surface area contributed by atoms with Crippen LogP contribution in [0.25, 0.3) is 0 Å². The molecule has 3 rings (SSSR count). The summed E-state index contributed by atoms with van der Waals surface area (Å²) in [5.74, 6) is 0.340. The fourth-order valence-corrected chi connectivity index (χ4v) is 3.48. The van der Waals surface area contributed by atoms with E-state index in [4.69, 9.17) is 4.74 Å². The number of fused-ring (bicyclic) bond motifs is 1. The van der Waals surface area contributed by atoms with Crippen LogP contribution in [0.4, 0.5) is 0 Å². The number of hydrogen-bond acceptors (Lipinski definition) is 4. The van der Waals surface area contributed by atoms with Gasteiger partial charge in [-0.15, -0.1) is 0 Å². The van der Waals surface area contributed by atoms with Crippen LogP contribution in [0.15, 0.2) is 10.9 Å². The van der Waals surface area contributed by atoms with Crippen molar-refractivity contribution in [2.24, 2.45) is 5.92 Å². The highest BCUT2D eigenvalue weighted by Gasteiger charge is 2.20. The number of aromatic nitrogens is 1. The molecule has 0 saturated carbocycles. The van der Waals surface area contributed by atoms with E-state index in [2.05, 4.69) is 22.1 Å². The number of amides is 1. The van der Waals surface area contributed by atoms with E-state index in [9.17, 15) is 9.59 Å². The molecular formula is C18H27N3O3. The molecule has 0 radical (unpaired) electrons. The third kappa shape index (κ3) is 4.24. The number of H-pyrrole nitrogens is 1. The van der Waals surface area contributed by atoms with Crippen LogP contribution in [0, 0.1) is 5.92 Å². The zero-order chi connectivity index (χ0) is 16.9. The zero-order valence-electron chi connectivity index (χ0n) is 14.4. The lowest BCUT2D eigenvalue weighted by molar-refractivity contribution is 0.0374. The maximum Gasteiger partial charge on any atom is 0.261 e. The minimum Gasteiger partial charge on any atom is -0.379 e. The summed E-state index contributed by atoms with van der Waals surface area (Å²) in [6.07, 6.45) is 3.80. The van der Waals surface area contributed by atoms with Crippen molar-refractivity contribution < 1.29 is 9.53 Å². The van der Waals surface area contributed by atoms with Crippen molar-refractivity contribution in [1.29, 1.82) is 0 Å². The Balaban J connectivity index is 1.53. The summed E-state index contributed by atoms with van der Waals surface area (Å²) < 4.78 is 5.32. The number of rotatable bonds is 5. The number of morpholine rings is 1. The molecule has 1 amide bonds. The summed E-state index contributed by atoms with van der Waals surface area (Å²) in [5, 5.41) is 2.88. The highest BCUT2D eigenvalue weighted by atomic mass is 16.5. The topological polar surface area (TPSA) is 74.4 Å². The molecule has 0 bridgehead atoms. The largest absolute Gasteiger partial charge is 0.379 e. The Hall–Kier alpha value is -1.66. The van der Waals surface area contributed by atoms with Crippen LogP contribution in [0.2, 0.25) is 0 Å². The van der Waals surface area contributed by atoms with Crippen molar-refractivity contribution in [2.75, 3.05) is 39.4 Å². The van der Waals surface area contributed by atoms with Crippen LogP contribution in [0.5, 0.6) is 0 Å². The average Bonchev–Trinajstić information content (AvgIpc) is 2.59. The monoisotopic (exact) mass is 333 g/mol. The molecule has 6 heteroatoms. The van der Waals surface area contributed by atoms with Gasteiger partial charge < -0.3 is 15.0 Å². The van der Waals surface area contributed by atoms with E-state index in [1.165, 1.54) is 0 Å². The van der Waals surface area contributed by atoms with E-state index in [1.807, 2.05) is 0 Å². The number of pyridine rings is 1. The SMILES string of the molecule is C[C@@H]1CCc2[nH]c(=O)c(C(=O)NCCCN3CCOCC3)cc2C1. The fraction of sp³-hybridized carbons (Fsp3) is 0.667. The summed E-state index contributed by atoms with van der Waals surface area (Å²) in [6, 6.07) is 1.79. The third-order valence-corrected chi connectivity index (χ3v) is 4.96. The highest BCUT2D eigenvalue weighted by Crippen LogP contribution is 2.23. The Labute approximate surface area is 142 Å². The number of hydrogen-bond donors (Lipinski definition) is 2. The lowest BCUT2D eigenvalue weighted by Crippen LogP contribution is -2.38. The van der Waals surface area contributed by atoms with Gasteiger partial charge >= 0.3 is 0 Å². The molecule has 2 N–H and O–H groups in total. The number of carbonyl (C=O) groups is 1. The lowest BCUT2D eigenvalue weighted by Gasteiger charge is -2.26. The van der Waals surface area contributed by atoms with Crippen molar-refractivity contribution in [1.82, 2.24) is 15.2 Å². The van der Waals surface area contributed by atoms with Crippen LogP contribution in [-0.2, 0) is 17.6 Å². The van der Waals surface area contributed by atoms with Crippen LogP contribution in [0.1, 0.15) is 41.4 Å². The van der Waals surface area contributed by atoms with Gasteiger partial charge in [-0.25, -0.2) is 0 Å². The van der Waals surface area contributed by atoms with E-state index in [-0.39, 0.29) is 17.0 Å². The van der Waals surface area contributed by atoms with Gasteiger partial charge in [0.1, 0.15) is 5.56 Å². The average molecular weight is 333 g/mol. The van der Waals surface area contributed by atoms with Crippen LogP contribution in [-0.4, -0.2) is 55.2 Å². The molecule has 1 fully saturated rings. The second-order valence-electron chi connectivity index (χ2n) is 6.93. The van der Waals surface area contributed by atoms with E-state index < -0.39 is 0 Å². The first-order valence-electron chi connectivity index (χ1n) is 8.97. The molecule has 1 aliphatic carbocycles. The summed E-state index contributed by atoms with van der Waals surface area (Å²) in [5.41, 5.74) is 2.09.